The first kappa shape index (κ1) is 18.6. The van der Waals surface area contributed by atoms with Crippen LogP contribution in [-0.2, 0) is 11.3 Å². The zero-order chi connectivity index (χ0) is 18.7. The van der Waals surface area contributed by atoms with E-state index in [1.807, 2.05) is 6.92 Å². The van der Waals surface area contributed by atoms with Gasteiger partial charge in [-0.1, -0.05) is 11.8 Å². The van der Waals surface area contributed by atoms with Gasteiger partial charge in [-0.2, -0.15) is 8.78 Å². The quantitative estimate of drug-likeness (QED) is 0.702. The molecule has 2 aromatic rings. The van der Waals surface area contributed by atoms with Crippen LogP contribution in [-0.4, -0.2) is 32.5 Å². The summed E-state index contributed by atoms with van der Waals surface area (Å²) in [6.07, 6.45) is 2.29. The lowest BCUT2D eigenvalue weighted by molar-refractivity contribution is -0.115. The fourth-order valence-electron chi connectivity index (χ4n) is 2.50. The van der Waals surface area contributed by atoms with Crippen LogP contribution in [0.3, 0.4) is 0 Å². The van der Waals surface area contributed by atoms with Crippen molar-refractivity contribution in [3.63, 3.8) is 0 Å². The number of aromatic nitrogens is 3. The molecule has 0 radical (unpaired) electrons. The van der Waals surface area contributed by atoms with Crippen molar-refractivity contribution >= 4 is 23.4 Å². The maximum absolute atomic E-state index is 12.4. The minimum Gasteiger partial charge on any atom is -0.435 e. The average Bonchev–Trinajstić information content (AvgIpc) is 3.37. The summed E-state index contributed by atoms with van der Waals surface area (Å²) < 4.78 is 30.6. The number of benzene rings is 1. The lowest BCUT2D eigenvalue weighted by Crippen LogP contribution is -2.23. The molecule has 9 heteroatoms. The summed E-state index contributed by atoms with van der Waals surface area (Å²) >= 11 is 1.35. The van der Waals surface area contributed by atoms with Crippen LogP contribution < -0.4 is 10.1 Å². The zero-order valence-electron chi connectivity index (χ0n) is 14.5. The first-order chi connectivity index (χ1) is 12.5. The molecular weight excluding hydrogens is 362 g/mol. The number of nitrogens with one attached hydrogen (secondary N) is 1. The molecule has 1 unspecified atom stereocenters. The highest BCUT2D eigenvalue weighted by molar-refractivity contribution is 8.00. The van der Waals surface area contributed by atoms with E-state index in [0.29, 0.717) is 11.6 Å². The van der Waals surface area contributed by atoms with Gasteiger partial charge in [0.15, 0.2) is 5.16 Å². The monoisotopic (exact) mass is 382 g/mol. The molecule has 0 bridgehead atoms. The summed E-state index contributed by atoms with van der Waals surface area (Å²) in [5, 5.41) is 11.6. The number of thioether (sulfide) groups is 1. The Hall–Kier alpha value is -2.16. The van der Waals surface area contributed by atoms with E-state index in [9.17, 15) is 13.6 Å². The molecule has 26 heavy (non-hydrogen) atoms. The summed E-state index contributed by atoms with van der Waals surface area (Å²) in [5.74, 6) is 1.34. The Morgan fingerprint density at radius 2 is 2.04 bits per heavy atom. The van der Waals surface area contributed by atoms with E-state index >= 15 is 0 Å². The number of hydrogen-bond acceptors (Lipinski definition) is 5. The molecule has 1 aliphatic carbocycles. The third-order valence-corrected chi connectivity index (χ3v) is 5.08. The number of amides is 1. The maximum Gasteiger partial charge on any atom is 0.387 e. The summed E-state index contributed by atoms with van der Waals surface area (Å²) in [7, 11) is 0. The maximum atomic E-state index is 12.4. The van der Waals surface area contributed by atoms with E-state index in [4.69, 9.17) is 0 Å². The van der Waals surface area contributed by atoms with Crippen molar-refractivity contribution in [2.45, 2.75) is 56.2 Å². The second-order valence-electron chi connectivity index (χ2n) is 6.01. The summed E-state index contributed by atoms with van der Waals surface area (Å²) in [5.41, 5.74) is 0.514. The zero-order valence-corrected chi connectivity index (χ0v) is 15.3. The Labute approximate surface area is 154 Å². The summed E-state index contributed by atoms with van der Waals surface area (Å²) in [6.45, 7) is 1.72. The van der Waals surface area contributed by atoms with Gasteiger partial charge in [-0.25, -0.2) is 0 Å². The first-order valence-corrected chi connectivity index (χ1v) is 9.31. The van der Waals surface area contributed by atoms with Gasteiger partial charge < -0.3 is 14.6 Å². The molecule has 1 fully saturated rings. The third kappa shape index (κ3) is 4.51. The second kappa shape index (κ2) is 8.03. The van der Waals surface area contributed by atoms with Gasteiger partial charge in [-0.05, 0) is 51.0 Å². The van der Waals surface area contributed by atoms with Gasteiger partial charge in [0.1, 0.15) is 11.6 Å². The van der Waals surface area contributed by atoms with Crippen LogP contribution in [0.2, 0.25) is 0 Å². The highest BCUT2D eigenvalue weighted by Gasteiger charge is 2.30. The number of halogens is 2. The number of hydrogen-bond donors (Lipinski definition) is 1. The molecule has 1 saturated carbocycles. The standard InChI is InChI=1S/C17H20F2N4O2S/c1-3-23-14(11-4-5-11)21-22-17(23)26-10(2)15(24)20-12-6-8-13(9-7-12)25-16(18)19/h6-11,16H,3-5H2,1-2H3,(H,20,24). The van der Waals surface area contributed by atoms with Crippen molar-refractivity contribution in [1.29, 1.82) is 0 Å². The molecule has 1 heterocycles. The minimum atomic E-state index is -2.87. The molecule has 0 saturated heterocycles. The van der Waals surface area contributed by atoms with Gasteiger partial charge in [-0.15, -0.1) is 10.2 Å². The molecular formula is C17H20F2N4O2S. The molecule has 140 valence electrons. The Kier molecular flexibility index (Phi) is 5.75. The predicted octanol–water partition coefficient (Wildman–Crippen LogP) is 3.90. The van der Waals surface area contributed by atoms with Gasteiger partial charge in [0, 0.05) is 18.2 Å². The molecule has 1 N–H and O–H groups in total. The molecule has 1 atom stereocenters. The summed E-state index contributed by atoms with van der Waals surface area (Å²) in [4.78, 5) is 12.4. The molecule has 1 aromatic carbocycles. The van der Waals surface area contributed by atoms with Crippen LogP contribution in [0.15, 0.2) is 29.4 Å². The number of ether oxygens (including phenoxy) is 1. The van der Waals surface area contributed by atoms with Crippen molar-refractivity contribution in [2.24, 2.45) is 0 Å². The minimum absolute atomic E-state index is 0.0454. The second-order valence-corrected chi connectivity index (χ2v) is 7.32. The smallest absolute Gasteiger partial charge is 0.387 e. The lowest BCUT2D eigenvalue weighted by Gasteiger charge is -2.13. The molecule has 1 aliphatic rings. The first-order valence-electron chi connectivity index (χ1n) is 8.43. The van der Waals surface area contributed by atoms with Crippen molar-refractivity contribution in [1.82, 2.24) is 14.8 Å². The Balaban J connectivity index is 1.59. The summed E-state index contributed by atoms with van der Waals surface area (Å²) in [6, 6.07) is 5.81. The van der Waals surface area contributed by atoms with Gasteiger partial charge >= 0.3 is 6.61 Å². The van der Waals surface area contributed by atoms with Gasteiger partial charge in [0.25, 0.3) is 0 Å². The van der Waals surface area contributed by atoms with E-state index in [1.54, 1.807) is 6.92 Å². The van der Waals surface area contributed by atoms with Gasteiger partial charge in [0.05, 0.1) is 5.25 Å². The van der Waals surface area contributed by atoms with Crippen molar-refractivity contribution in [2.75, 3.05) is 5.32 Å². The molecule has 0 aliphatic heterocycles. The normalized spacial score (nSPS) is 15.1. The van der Waals surface area contributed by atoms with Crippen LogP contribution in [0.1, 0.15) is 38.4 Å². The van der Waals surface area contributed by atoms with E-state index in [1.165, 1.54) is 36.0 Å². The van der Waals surface area contributed by atoms with Crippen LogP contribution in [0, 0.1) is 0 Å². The van der Waals surface area contributed by atoms with Crippen molar-refractivity contribution < 1.29 is 18.3 Å². The molecule has 3 rings (SSSR count). The van der Waals surface area contributed by atoms with Gasteiger partial charge in [0.2, 0.25) is 5.91 Å². The predicted molar refractivity (Wildman–Crippen MR) is 94.7 cm³/mol. The highest BCUT2D eigenvalue weighted by Crippen LogP contribution is 2.40. The lowest BCUT2D eigenvalue weighted by atomic mass is 10.3. The van der Waals surface area contributed by atoms with E-state index in [0.717, 1.165) is 30.4 Å². The molecule has 0 spiro atoms. The Bertz CT molecular complexity index is 763. The van der Waals surface area contributed by atoms with Crippen LogP contribution >= 0.6 is 11.8 Å². The van der Waals surface area contributed by atoms with Crippen molar-refractivity contribution in [3.05, 3.63) is 30.1 Å². The highest BCUT2D eigenvalue weighted by atomic mass is 32.2. The van der Waals surface area contributed by atoms with Crippen LogP contribution in [0.5, 0.6) is 5.75 Å². The Morgan fingerprint density at radius 3 is 2.62 bits per heavy atom. The fourth-order valence-corrected chi connectivity index (χ4v) is 3.42. The number of alkyl halides is 2. The largest absolute Gasteiger partial charge is 0.435 e. The molecule has 1 aromatic heterocycles. The number of rotatable bonds is 8. The third-order valence-electron chi connectivity index (χ3n) is 4.00. The van der Waals surface area contributed by atoms with E-state index < -0.39 is 6.61 Å². The van der Waals surface area contributed by atoms with Crippen LogP contribution in [0.4, 0.5) is 14.5 Å². The van der Waals surface area contributed by atoms with Crippen LogP contribution in [0.25, 0.3) is 0 Å². The fraction of sp³-hybridized carbons (Fsp3) is 0.471. The molecule has 6 nitrogen and oxygen atoms in total. The van der Waals surface area contributed by atoms with E-state index in [-0.39, 0.29) is 16.9 Å². The Morgan fingerprint density at radius 1 is 1.35 bits per heavy atom. The SMILES string of the molecule is CCn1c(SC(C)C(=O)Nc2ccc(OC(F)F)cc2)nnc1C1CC1. The number of anilines is 1. The van der Waals surface area contributed by atoms with Gasteiger partial charge in [-0.3, -0.25) is 4.79 Å². The molecule has 1 amide bonds. The number of nitrogens with zero attached hydrogens (tertiary/aromatic N) is 3. The number of carbonyl (C=O) groups is 1. The van der Waals surface area contributed by atoms with Crippen molar-refractivity contribution in [3.8, 4) is 5.75 Å². The van der Waals surface area contributed by atoms with E-state index in [2.05, 4.69) is 24.8 Å². The number of carbonyl (C=O) groups excluding carboxylic acids is 1. The topological polar surface area (TPSA) is 69.0 Å². The average molecular weight is 382 g/mol.